The summed E-state index contributed by atoms with van der Waals surface area (Å²) >= 11 is 0. The fraction of sp³-hybridized carbons (Fsp3) is 0.462. The number of carbonyl (C=O) groups is 1. The summed E-state index contributed by atoms with van der Waals surface area (Å²) < 4.78 is 15.4. The third-order valence-electron chi connectivity index (χ3n) is 3.20. The van der Waals surface area contributed by atoms with Crippen LogP contribution in [0.1, 0.15) is 11.1 Å². The van der Waals surface area contributed by atoms with Gasteiger partial charge in [0, 0.05) is 24.1 Å². The number of fused-ring (bicyclic) bond motifs is 1. The molecule has 98 valence electrons. The van der Waals surface area contributed by atoms with E-state index in [9.17, 15) is 4.79 Å². The predicted octanol–water partition coefficient (Wildman–Crippen LogP) is 0.891. The second kappa shape index (κ2) is 5.27. The van der Waals surface area contributed by atoms with Gasteiger partial charge in [-0.3, -0.25) is 10.1 Å². The molecule has 1 aromatic rings. The maximum Gasteiger partial charge on any atom is 0.323 e. The Labute approximate surface area is 106 Å². The molecular weight excluding hydrogens is 234 g/mol. The van der Waals surface area contributed by atoms with Crippen molar-refractivity contribution >= 4 is 5.97 Å². The molecule has 0 aliphatic carbocycles. The Morgan fingerprint density at radius 1 is 1.17 bits per heavy atom. The number of hydrogen-bond acceptors (Lipinski definition) is 5. The van der Waals surface area contributed by atoms with Gasteiger partial charge in [-0.25, -0.2) is 0 Å². The number of nitrogens with one attached hydrogen (secondary N) is 1. The van der Waals surface area contributed by atoms with Crippen LogP contribution in [0, 0.1) is 0 Å². The zero-order chi connectivity index (χ0) is 13.1. The molecule has 0 aromatic heterocycles. The lowest BCUT2D eigenvalue weighted by molar-refractivity contribution is -0.143. The highest BCUT2D eigenvalue weighted by atomic mass is 16.5. The van der Waals surface area contributed by atoms with Crippen LogP contribution in [0.4, 0.5) is 0 Å². The van der Waals surface area contributed by atoms with Crippen molar-refractivity contribution in [2.24, 2.45) is 0 Å². The van der Waals surface area contributed by atoms with Crippen LogP contribution in [0.3, 0.4) is 0 Å². The molecule has 1 aromatic carbocycles. The molecule has 1 aliphatic heterocycles. The van der Waals surface area contributed by atoms with Gasteiger partial charge in [0.25, 0.3) is 0 Å². The first-order chi connectivity index (χ1) is 8.71. The van der Waals surface area contributed by atoms with Crippen molar-refractivity contribution in [2.45, 2.75) is 19.0 Å². The number of esters is 1. The van der Waals surface area contributed by atoms with Crippen LogP contribution in [0.5, 0.6) is 11.5 Å². The topological polar surface area (TPSA) is 56.8 Å². The molecule has 0 saturated heterocycles. The van der Waals surface area contributed by atoms with E-state index in [1.165, 1.54) is 7.11 Å². The maximum absolute atomic E-state index is 11.6. The van der Waals surface area contributed by atoms with Crippen LogP contribution in [0.25, 0.3) is 0 Å². The second-order valence-corrected chi connectivity index (χ2v) is 4.09. The van der Waals surface area contributed by atoms with Gasteiger partial charge in [0.15, 0.2) is 0 Å². The van der Waals surface area contributed by atoms with E-state index in [0.29, 0.717) is 13.0 Å². The van der Waals surface area contributed by atoms with Gasteiger partial charge in [0.2, 0.25) is 0 Å². The van der Waals surface area contributed by atoms with Crippen molar-refractivity contribution in [2.75, 3.05) is 21.3 Å². The molecule has 2 rings (SSSR count). The molecule has 1 aliphatic rings. The van der Waals surface area contributed by atoms with Gasteiger partial charge in [0.05, 0.1) is 21.3 Å². The fourth-order valence-electron chi connectivity index (χ4n) is 2.26. The van der Waals surface area contributed by atoms with Crippen molar-refractivity contribution in [3.05, 3.63) is 23.3 Å². The van der Waals surface area contributed by atoms with E-state index in [4.69, 9.17) is 14.2 Å². The van der Waals surface area contributed by atoms with Gasteiger partial charge >= 0.3 is 5.97 Å². The van der Waals surface area contributed by atoms with E-state index in [1.54, 1.807) is 14.2 Å². The van der Waals surface area contributed by atoms with Gasteiger partial charge in [-0.05, 0) is 12.1 Å². The molecule has 5 heteroatoms. The van der Waals surface area contributed by atoms with Crippen molar-refractivity contribution in [1.29, 1.82) is 0 Å². The summed E-state index contributed by atoms with van der Waals surface area (Å²) in [5.74, 6) is 1.33. The van der Waals surface area contributed by atoms with E-state index >= 15 is 0 Å². The first-order valence-corrected chi connectivity index (χ1v) is 5.75. The number of benzene rings is 1. The summed E-state index contributed by atoms with van der Waals surface area (Å²) in [5, 5.41) is 3.14. The number of ether oxygens (including phenoxy) is 3. The highest BCUT2D eigenvalue weighted by Gasteiger charge is 2.28. The Kier molecular flexibility index (Phi) is 3.72. The standard InChI is InChI=1S/C13H17NO4/c1-16-11-4-5-12(17-2)9-7-14-10(6-8(9)11)13(15)18-3/h4-5,10,14H,6-7H2,1-3H3. The Balaban J connectivity index is 2.37. The third-order valence-corrected chi connectivity index (χ3v) is 3.20. The minimum absolute atomic E-state index is 0.259. The minimum Gasteiger partial charge on any atom is -0.496 e. The predicted molar refractivity (Wildman–Crippen MR) is 65.9 cm³/mol. The van der Waals surface area contributed by atoms with Crippen molar-refractivity contribution in [3.8, 4) is 11.5 Å². The average molecular weight is 251 g/mol. The Morgan fingerprint density at radius 3 is 2.33 bits per heavy atom. The van der Waals surface area contributed by atoms with Gasteiger partial charge in [0.1, 0.15) is 17.5 Å². The summed E-state index contributed by atoms with van der Waals surface area (Å²) in [6.07, 6.45) is 0.544. The summed E-state index contributed by atoms with van der Waals surface area (Å²) in [7, 11) is 4.65. The first-order valence-electron chi connectivity index (χ1n) is 5.75. The summed E-state index contributed by atoms with van der Waals surface area (Å²) in [5.41, 5.74) is 2.04. The van der Waals surface area contributed by atoms with Gasteiger partial charge in [-0.2, -0.15) is 0 Å². The molecule has 5 nitrogen and oxygen atoms in total. The zero-order valence-corrected chi connectivity index (χ0v) is 10.8. The number of hydrogen-bond donors (Lipinski definition) is 1. The lowest BCUT2D eigenvalue weighted by Gasteiger charge is -2.27. The zero-order valence-electron chi connectivity index (χ0n) is 10.8. The third kappa shape index (κ3) is 2.13. The molecule has 0 fully saturated rings. The van der Waals surface area contributed by atoms with Crippen molar-refractivity contribution in [3.63, 3.8) is 0 Å². The molecule has 18 heavy (non-hydrogen) atoms. The molecule has 1 unspecified atom stereocenters. The second-order valence-electron chi connectivity index (χ2n) is 4.09. The Morgan fingerprint density at radius 2 is 1.78 bits per heavy atom. The van der Waals surface area contributed by atoms with Crippen LogP contribution >= 0.6 is 0 Å². The van der Waals surface area contributed by atoms with Crippen molar-refractivity contribution in [1.82, 2.24) is 5.32 Å². The minimum atomic E-state index is -0.330. The molecule has 0 spiro atoms. The van der Waals surface area contributed by atoms with Crippen molar-refractivity contribution < 1.29 is 19.0 Å². The molecule has 1 atom stereocenters. The van der Waals surface area contributed by atoms with E-state index in [0.717, 1.165) is 22.6 Å². The molecular formula is C13H17NO4. The average Bonchev–Trinajstić information content (AvgIpc) is 2.44. The van der Waals surface area contributed by atoms with E-state index in [1.807, 2.05) is 12.1 Å². The highest BCUT2D eigenvalue weighted by Crippen LogP contribution is 2.33. The largest absolute Gasteiger partial charge is 0.496 e. The van der Waals surface area contributed by atoms with Crippen LogP contribution in [0.15, 0.2) is 12.1 Å². The van der Waals surface area contributed by atoms with Crippen LogP contribution in [0.2, 0.25) is 0 Å². The van der Waals surface area contributed by atoms with Gasteiger partial charge < -0.3 is 14.2 Å². The molecule has 0 bridgehead atoms. The Hall–Kier alpha value is -1.75. The Bertz CT molecular complexity index is 459. The molecule has 1 N–H and O–H groups in total. The number of methoxy groups -OCH3 is 3. The molecule has 0 amide bonds. The van der Waals surface area contributed by atoms with Crippen LogP contribution < -0.4 is 14.8 Å². The fourth-order valence-corrected chi connectivity index (χ4v) is 2.26. The summed E-state index contributed by atoms with van der Waals surface area (Å²) in [6, 6.07) is 3.40. The smallest absolute Gasteiger partial charge is 0.323 e. The van der Waals surface area contributed by atoms with E-state index in [2.05, 4.69) is 5.32 Å². The van der Waals surface area contributed by atoms with Gasteiger partial charge in [-0.15, -0.1) is 0 Å². The summed E-state index contributed by atoms with van der Waals surface area (Å²) in [4.78, 5) is 11.6. The normalized spacial score (nSPS) is 17.8. The maximum atomic E-state index is 11.6. The lowest BCUT2D eigenvalue weighted by atomic mass is 9.94. The van der Waals surface area contributed by atoms with E-state index in [-0.39, 0.29) is 12.0 Å². The molecule has 1 heterocycles. The lowest BCUT2D eigenvalue weighted by Crippen LogP contribution is -2.42. The molecule has 0 radical (unpaired) electrons. The number of rotatable bonds is 3. The quantitative estimate of drug-likeness (QED) is 0.809. The van der Waals surface area contributed by atoms with Crippen LogP contribution in [-0.4, -0.2) is 33.3 Å². The SMILES string of the molecule is COC(=O)C1Cc2c(OC)ccc(OC)c2CN1. The highest BCUT2D eigenvalue weighted by molar-refractivity contribution is 5.77. The monoisotopic (exact) mass is 251 g/mol. The van der Waals surface area contributed by atoms with Gasteiger partial charge in [-0.1, -0.05) is 0 Å². The number of carbonyl (C=O) groups excluding carboxylic acids is 1. The molecule has 0 saturated carbocycles. The van der Waals surface area contributed by atoms with E-state index < -0.39 is 0 Å². The first kappa shape index (κ1) is 12.7. The summed E-state index contributed by atoms with van der Waals surface area (Å²) in [6.45, 7) is 0.565. The van der Waals surface area contributed by atoms with Crippen LogP contribution in [-0.2, 0) is 22.5 Å².